The Hall–Kier alpha value is -0.730. The molecule has 0 aromatic heterocycles. The first kappa shape index (κ1) is 9.81. The molecule has 1 heterocycles. The molecule has 0 aliphatic carbocycles. The Bertz CT molecular complexity index is 329. The summed E-state index contributed by atoms with van der Waals surface area (Å²) in [7, 11) is 0. The number of hydrogen-bond acceptors (Lipinski definition) is 2. The van der Waals surface area contributed by atoms with Gasteiger partial charge in [0.25, 0.3) is 0 Å². The lowest BCUT2D eigenvalue weighted by atomic mass is 10.00. The molecule has 1 nitrogen and oxygen atoms in total. The Labute approximate surface area is 89.4 Å². The zero-order valence-corrected chi connectivity index (χ0v) is 8.96. The van der Waals surface area contributed by atoms with Crippen molar-refractivity contribution in [1.82, 2.24) is 0 Å². The molecule has 2 rings (SSSR count). The molecule has 0 spiro atoms. The Morgan fingerprint density at radius 1 is 1.43 bits per heavy atom. The van der Waals surface area contributed by atoms with E-state index in [1.807, 2.05) is 17.8 Å². The lowest BCUT2D eigenvalue weighted by molar-refractivity contribution is 0.849. The van der Waals surface area contributed by atoms with Crippen molar-refractivity contribution < 1.29 is 0 Å². The van der Waals surface area contributed by atoms with Gasteiger partial charge in [-0.15, -0.1) is 0 Å². The Kier molecular flexibility index (Phi) is 3.27. The average Bonchev–Trinajstić information content (AvgIpc) is 2.13. The third-order valence-corrected chi connectivity index (χ3v) is 3.74. The number of nitrogens with two attached hydrogens (primary N) is 1. The van der Waals surface area contributed by atoms with Crippen molar-refractivity contribution in [2.24, 2.45) is 5.73 Å². The monoisotopic (exact) mass is 205 g/mol. The molecule has 1 fully saturated rings. The normalized spacial score (nSPS) is 17.2. The molecule has 0 bridgehead atoms. The van der Waals surface area contributed by atoms with Gasteiger partial charge >= 0.3 is 0 Å². The predicted molar refractivity (Wildman–Crippen MR) is 64.6 cm³/mol. The van der Waals surface area contributed by atoms with Crippen molar-refractivity contribution in [3.63, 3.8) is 0 Å². The Morgan fingerprint density at radius 3 is 2.93 bits per heavy atom. The van der Waals surface area contributed by atoms with Crippen LogP contribution in [0.2, 0.25) is 0 Å². The second-order valence-electron chi connectivity index (χ2n) is 3.54. The van der Waals surface area contributed by atoms with E-state index < -0.39 is 0 Å². The topological polar surface area (TPSA) is 26.0 Å². The smallest absolute Gasteiger partial charge is 0.0110 e. The van der Waals surface area contributed by atoms with E-state index in [9.17, 15) is 0 Å². The van der Waals surface area contributed by atoms with Crippen LogP contribution in [0.4, 0.5) is 0 Å². The highest BCUT2D eigenvalue weighted by molar-refractivity contribution is 8.00. The third-order valence-electron chi connectivity index (χ3n) is 2.47. The zero-order valence-electron chi connectivity index (χ0n) is 8.15. The average molecular weight is 205 g/mol. The second-order valence-corrected chi connectivity index (χ2v) is 4.62. The summed E-state index contributed by atoms with van der Waals surface area (Å²) in [5, 5.41) is 0. The van der Waals surface area contributed by atoms with Gasteiger partial charge in [-0.1, -0.05) is 36.4 Å². The summed E-state index contributed by atoms with van der Waals surface area (Å²) in [6.45, 7) is 0.615. The highest BCUT2D eigenvalue weighted by Crippen LogP contribution is 2.34. The zero-order chi connectivity index (χ0) is 9.80. The SMILES string of the molecule is NC/C=C/c1cccc(C2CSC2)c1. The first-order valence-corrected chi connectivity index (χ1v) is 6.10. The summed E-state index contributed by atoms with van der Waals surface area (Å²) in [6.07, 6.45) is 4.09. The Balaban J connectivity index is 2.13. The van der Waals surface area contributed by atoms with Crippen LogP contribution in [0.1, 0.15) is 17.0 Å². The minimum absolute atomic E-state index is 0.615. The van der Waals surface area contributed by atoms with Crippen LogP contribution < -0.4 is 5.73 Å². The van der Waals surface area contributed by atoms with Gasteiger partial charge in [0.15, 0.2) is 0 Å². The van der Waals surface area contributed by atoms with Gasteiger partial charge in [-0.25, -0.2) is 0 Å². The van der Waals surface area contributed by atoms with E-state index in [2.05, 4.69) is 30.3 Å². The van der Waals surface area contributed by atoms with Crippen molar-refractivity contribution >= 4 is 17.8 Å². The second kappa shape index (κ2) is 4.67. The molecule has 0 unspecified atom stereocenters. The first-order chi connectivity index (χ1) is 6.90. The van der Waals surface area contributed by atoms with Crippen molar-refractivity contribution in [2.75, 3.05) is 18.1 Å². The summed E-state index contributed by atoms with van der Waals surface area (Å²) >= 11 is 2.03. The summed E-state index contributed by atoms with van der Waals surface area (Å²) < 4.78 is 0. The van der Waals surface area contributed by atoms with Gasteiger partial charge in [0.1, 0.15) is 0 Å². The fourth-order valence-corrected chi connectivity index (χ4v) is 2.41. The van der Waals surface area contributed by atoms with E-state index in [0.29, 0.717) is 6.54 Å². The summed E-state index contributed by atoms with van der Waals surface area (Å²) in [5.74, 6) is 3.35. The van der Waals surface area contributed by atoms with E-state index in [-0.39, 0.29) is 0 Å². The summed E-state index contributed by atoms with van der Waals surface area (Å²) in [4.78, 5) is 0. The van der Waals surface area contributed by atoms with Gasteiger partial charge in [0.05, 0.1) is 0 Å². The molecule has 2 N–H and O–H groups in total. The maximum atomic E-state index is 5.42. The molecule has 0 radical (unpaired) electrons. The molecule has 0 atom stereocenters. The molecule has 14 heavy (non-hydrogen) atoms. The third kappa shape index (κ3) is 2.20. The molecule has 1 aliphatic rings. The molecule has 1 aromatic rings. The molecule has 1 saturated heterocycles. The maximum absolute atomic E-state index is 5.42. The van der Waals surface area contributed by atoms with Crippen LogP contribution >= 0.6 is 11.8 Å². The molecule has 2 heteroatoms. The van der Waals surface area contributed by atoms with Crippen LogP contribution in [-0.2, 0) is 0 Å². The molecular weight excluding hydrogens is 190 g/mol. The van der Waals surface area contributed by atoms with Crippen LogP contribution in [0.5, 0.6) is 0 Å². The molecule has 74 valence electrons. The number of thioether (sulfide) groups is 1. The van der Waals surface area contributed by atoms with E-state index >= 15 is 0 Å². The Morgan fingerprint density at radius 2 is 2.29 bits per heavy atom. The highest BCUT2D eigenvalue weighted by atomic mass is 32.2. The van der Waals surface area contributed by atoms with E-state index in [0.717, 1.165) is 5.92 Å². The molecular formula is C12H15NS. The number of benzene rings is 1. The first-order valence-electron chi connectivity index (χ1n) is 4.94. The van der Waals surface area contributed by atoms with Gasteiger partial charge < -0.3 is 5.73 Å². The minimum Gasteiger partial charge on any atom is -0.327 e. The quantitative estimate of drug-likeness (QED) is 0.820. The van der Waals surface area contributed by atoms with Gasteiger partial charge in [-0.3, -0.25) is 0 Å². The van der Waals surface area contributed by atoms with Gasteiger partial charge in [-0.2, -0.15) is 11.8 Å². The summed E-state index contributed by atoms with van der Waals surface area (Å²) in [5.41, 5.74) is 8.16. The lowest BCUT2D eigenvalue weighted by Gasteiger charge is -2.25. The van der Waals surface area contributed by atoms with Crippen molar-refractivity contribution in [2.45, 2.75) is 5.92 Å². The molecule has 0 saturated carbocycles. The van der Waals surface area contributed by atoms with E-state index in [4.69, 9.17) is 5.73 Å². The van der Waals surface area contributed by atoms with Crippen LogP contribution in [0, 0.1) is 0 Å². The highest BCUT2D eigenvalue weighted by Gasteiger charge is 2.19. The fraction of sp³-hybridized carbons (Fsp3) is 0.333. The minimum atomic E-state index is 0.615. The number of hydrogen-bond donors (Lipinski definition) is 1. The van der Waals surface area contributed by atoms with Crippen molar-refractivity contribution in [3.8, 4) is 0 Å². The largest absolute Gasteiger partial charge is 0.327 e. The number of rotatable bonds is 3. The van der Waals surface area contributed by atoms with Crippen molar-refractivity contribution in [1.29, 1.82) is 0 Å². The van der Waals surface area contributed by atoms with Gasteiger partial charge in [0, 0.05) is 24.0 Å². The predicted octanol–water partition coefficient (Wildman–Crippen LogP) is 2.49. The lowest BCUT2D eigenvalue weighted by Crippen LogP contribution is -2.15. The van der Waals surface area contributed by atoms with Gasteiger partial charge in [-0.05, 0) is 11.1 Å². The van der Waals surface area contributed by atoms with Gasteiger partial charge in [0.2, 0.25) is 0 Å². The van der Waals surface area contributed by atoms with Crippen LogP contribution in [-0.4, -0.2) is 18.1 Å². The standard InChI is InChI=1S/C12H15NS/c13-6-2-4-10-3-1-5-11(7-10)12-8-14-9-12/h1-5,7,12H,6,8-9,13H2/b4-2+. The van der Waals surface area contributed by atoms with Crippen LogP contribution in [0.25, 0.3) is 6.08 Å². The van der Waals surface area contributed by atoms with Crippen LogP contribution in [0.15, 0.2) is 30.3 Å². The van der Waals surface area contributed by atoms with Crippen LogP contribution in [0.3, 0.4) is 0 Å². The van der Waals surface area contributed by atoms with E-state index in [1.165, 1.54) is 22.6 Å². The van der Waals surface area contributed by atoms with Crippen molar-refractivity contribution in [3.05, 3.63) is 41.5 Å². The summed E-state index contributed by atoms with van der Waals surface area (Å²) in [6, 6.07) is 8.76. The van der Waals surface area contributed by atoms with E-state index in [1.54, 1.807) is 0 Å². The molecule has 1 aliphatic heterocycles. The fourth-order valence-electron chi connectivity index (χ4n) is 1.55. The maximum Gasteiger partial charge on any atom is 0.0110 e. The molecule has 0 amide bonds. The molecule has 1 aromatic carbocycles.